The Hall–Kier alpha value is -1.57. The van der Waals surface area contributed by atoms with Crippen molar-refractivity contribution in [2.75, 3.05) is 0 Å². The molecule has 0 N–H and O–H groups in total. The Morgan fingerprint density at radius 1 is 1.32 bits per heavy atom. The van der Waals surface area contributed by atoms with Crippen LogP contribution in [0.5, 0.6) is 5.88 Å². The van der Waals surface area contributed by atoms with Gasteiger partial charge in [0.1, 0.15) is 17.6 Å². The van der Waals surface area contributed by atoms with Crippen LogP contribution in [0.15, 0.2) is 24.3 Å². The summed E-state index contributed by atoms with van der Waals surface area (Å²) in [6.07, 6.45) is 6.38. The van der Waals surface area contributed by atoms with Crippen molar-refractivity contribution >= 4 is 22.9 Å². The van der Waals surface area contributed by atoms with Gasteiger partial charge in [0.2, 0.25) is 5.88 Å². The maximum atomic E-state index is 8.92. The van der Waals surface area contributed by atoms with E-state index >= 15 is 0 Å². The van der Waals surface area contributed by atoms with Crippen LogP contribution in [0.4, 0.5) is 0 Å². The zero-order valence-corrected chi connectivity index (χ0v) is 13.8. The van der Waals surface area contributed by atoms with Crippen LogP contribution in [0.2, 0.25) is 5.02 Å². The lowest BCUT2D eigenvalue weighted by Crippen LogP contribution is -2.07. The zero-order valence-electron chi connectivity index (χ0n) is 12.2. The summed E-state index contributed by atoms with van der Waals surface area (Å²) < 4.78 is 5.77. The molecule has 114 valence electrons. The fourth-order valence-corrected chi connectivity index (χ4v) is 3.96. The topological polar surface area (TPSA) is 45.9 Å². The Morgan fingerprint density at radius 3 is 2.86 bits per heavy atom. The number of aromatic nitrogens is 1. The molecule has 22 heavy (non-hydrogen) atoms. The van der Waals surface area contributed by atoms with Gasteiger partial charge < -0.3 is 4.74 Å². The highest BCUT2D eigenvalue weighted by Crippen LogP contribution is 2.32. The fraction of sp³-hybridized carbons (Fsp3) is 0.412. The summed E-state index contributed by atoms with van der Waals surface area (Å²) >= 11 is 7.34. The van der Waals surface area contributed by atoms with E-state index in [1.165, 1.54) is 43.4 Å². The third-order valence-corrected chi connectivity index (χ3v) is 5.39. The lowest BCUT2D eigenvalue weighted by molar-refractivity contribution is 0.294. The molecule has 1 aliphatic carbocycles. The van der Waals surface area contributed by atoms with E-state index in [-0.39, 0.29) is 0 Å². The monoisotopic (exact) mass is 332 g/mol. The van der Waals surface area contributed by atoms with Gasteiger partial charge >= 0.3 is 0 Å². The molecular formula is C17H17ClN2OS. The lowest BCUT2D eigenvalue weighted by atomic mass is 9.87. The van der Waals surface area contributed by atoms with Crippen LogP contribution >= 0.6 is 22.9 Å². The Kier molecular flexibility index (Phi) is 4.97. The van der Waals surface area contributed by atoms with E-state index in [0.29, 0.717) is 28.3 Å². The third kappa shape index (κ3) is 3.60. The first-order valence-electron chi connectivity index (χ1n) is 7.54. The normalized spacial score (nSPS) is 15.5. The van der Waals surface area contributed by atoms with E-state index in [2.05, 4.69) is 17.1 Å². The Morgan fingerprint density at radius 2 is 2.14 bits per heavy atom. The SMILES string of the molecule is N#Cc1sc(COc2cccc(C3CCCCC3)n2)cc1Cl. The summed E-state index contributed by atoms with van der Waals surface area (Å²) in [7, 11) is 0. The highest BCUT2D eigenvalue weighted by atomic mass is 35.5. The van der Waals surface area contributed by atoms with Crippen molar-refractivity contribution in [1.82, 2.24) is 4.98 Å². The van der Waals surface area contributed by atoms with Crippen LogP contribution in [0.25, 0.3) is 0 Å². The molecule has 2 aromatic rings. The van der Waals surface area contributed by atoms with Gasteiger partial charge in [-0.05, 0) is 25.0 Å². The summed E-state index contributed by atoms with van der Waals surface area (Å²) in [5.41, 5.74) is 1.14. The summed E-state index contributed by atoms with van der Waals surface area (Å²) in [5.74, 6) is 1.21. The van der Waals surface area contributed by atoms with Crippen LogP contribution in [0.1, 0.15) is 53.5 Å². The largest absolute Gasteiger partial charge is 0.472 e. The average molecular weight is 333 g/mol. The molecule has 2 aromatic heterocycles. The number of hydrogen-bond acceptors (Lipinski definition) is 4. The van der Waals surface area contributed by atoms with E-state index in [9.17, 15) is 0 Å². The van der Waals surface area contributed by atoms with Gasteiger partial charge in [-0.3, -0.25) is 0 Å². The maximum Gasteiger partial charge on any atom is 0.213 e. The van der Waals surface area contributed by atoms with E-state index in [4.69, 9.17) is 21.6 Å². The predicted octanol–water partition coefficient (Wildman–Crippen LogP) is 5.29. The van der Waals surface area contributed by atoms with E-state index in [1.54, 1.807) is 6.07 Å². The molecule has 0 amide bonds. The molecule has 0 atom stereocenters. The van der Waals surface area contributed by atoms with Gasteiger partial charge in [-0.1, -0.05) is 36.9 Å². The van der Waals surface area contributed by atoms with Crippen LogP contribution in [-0.2, 0) is 6.61 Å². The van der Waals surface area contributed by atoms with Crippen LogP contribution in [0.3, 0.4) is 0 Å². The Labute approximate surface area is 139 Å². The van der Waals surface area contributed by atoms with Crippen molar-refractivity contribution in [3.8, 4) is 11.9 Å². The minimum absolute atomic E-state index is 0.396. The molecular weight excluding hydrogens is 316 g/mol. The molecule has 0 spiro atoms. The van der Waals surface area contributed by atoms with Crippen molar-refractivity contribution in [1.29, 1.82) is 5.26 Å². The van der Waals surface area contributed by atoms with Crippen molar-refractivity contribution < 1.29 is 4.74 Å². The molecule has 1 saturated carbocycles. The molecule has 0 radical (unpaired) electrons. The number of nitrogens with zero attached hydrogens (tertiary/aromatic N) is 2. The Balaban J connectivity index is 1.66. The Bertz CT molecular complexity index is 686. The van der Waals surface area contributed by atoms with Gasteiger partial charge in [-0.25, -0.2) is 4.98 Å². The molecule has 2 heterocycles. The third-order valence-electron chi connectivity index (χ3n) is 3.97. The number of ether oxygens (including phenoxy) is 1. The van der Waals surface area contributed by atoms with Crippen LogP contribution in [-0.4, -0.2) is 4.98 Å². The number of nitriles is 1. The maximum absolute atomic E-state index is 8.92. The van der Waals surface area contributed by atoms with Crippen molar-refractivity contribution in [3.05, 3.63) is 44.7 Å². The number of thiophene rings is 1. The summed E-state index contributed by atoms with van der Waals surface area (Å²) in [4.78, 5) is 6.11. The molecule has 3 nitrogen and oxygen atoms in total. The average Bonchev–Trinajstić information content (AvgIpc) is 2.94. The molecule has 0 saturated heterocycles. The first-order valence-corrected chi connectivity index (χ1v) is 8.74. The van der Waals surface area contributed by atoms with Gasteiger partial charge in [0, 0.05) is 22.6 Å². The first-order chi connectivity index (χ1) is 10.8. The lowest BCUT2D eigenvalue weighted by Gasteiger charge is -2.21. The quantitative estimate of drug-likeness (QED) is 0.763. The van der Waals surface area contributed by atoms with Gasteiger partial charge in [-0.15, -0.1) is 11.3 Å². The van der Waals surface area contributed by atoms with Crippen molar-refractivity contribution in [3.63, 3.8) is 0 Å². The smallest absolute Gasteiger partial charge is 0.213 e. The second kappa shape index (κ2) is 7.13. The van der Waals surface area contributed by atoms with Gasteiger partial charge in [-0.2, -0.15) is 5.26 Å². The molecule has 0 bridgehead atoms. The van der Waals surface area contributed by atoms with E-state index in [1.807, 2.05) is 12.1 Å². The number of rotatable bonds is 4. The standard InChI is InChI=1S/C17H17ClN2OS/c18-14-9-13(22-16(14)10-19)11-21-17-8-4-7-15(20-17)12-5-2-1-3-6-12/h4,7-9,12H,1-3,5-6,11H2. The van der Waals surface area contributed by atoms with Gasteiger partial charge in [0.05, 0.1) is 5.02 Å². The second-order valence-electron chi connectivity index (χ2n) is 5.53. The van der Waals surface area contributed by atoms with E-state index < -0.39 is 0 Å². The number of pyridine rings is 1. The molecule has 0 unspecified atom stereocenters. The number of halogens is 1. The molecule has 0 aliphatic heterocycles. The molecule has 5 heteroatoms. The second-order valence-corrected chi connectivity index (χ2v) is 7.07. The molecule has 1 fully saturated rings. The van der Waals surface area contributed by atoms with Crippen molar-refractivity contribution in [2.24, 2.45) is 0 Å². The van der Waals surface area contributed by atoms with Gasteiger partial charge in [0.15, 0.2) is 0 Å². The summed E-state index contributed by atoms with van der Waals surface area (Å²) in [5, 5.41) is 9.42. The molecule has 0 aromatic carbocycles. The van der Waals surface area contributed by atoms with E-state index in [0.717, 1.165) is 10.6 Å². The highest BCUT2D eigenvalue weighted by molar-refractivity contribution is 7.13. The minimum Gasteiger partial charge on any atom is -0.472 e. The number of hydrogen-bond donors (Lipinski definition) is 0. The molecule has 3 rings (SSSR count). The zero-order chi connectivity index (χ0) is 15.4. The van der Waals surface area contributed by atoms with Crippen LogP contribution in [0, 0.1) is 11.3 Å². The van der Waals surface area contributed by atoms with Crippen molar-refractivity contribution in [2.45, 2.75) is 44.6 Å². The highest BCUT2D eigenvalue weighted by Gasteiger charge is 2.17. The summed E-state index contributed by atoms with van der Waals surface area (Å²) in [6, 6.07) is 9.85. The van der Waals surface area contributed by atoms with Crippen LogP contribution < -0.4 is 4.74 Å². The first kappa shape index (κ1) is 15.3. The van der Waals surface area contributed by atoms with Gasteiger partial charge in [0.25, 0.3) is 0 Å². The molecule has 1 aliphatic rings. The summed E-state index contributed by atoms with van der Waals surface area (Å²) in [6.45, 7) is 0.396. The fourth-order valence-electron chi connectivity index (χ4n) is 2.85. The minimum atomic E-state index is 0.396. The predicted molar refractivity (Wildman–Crippen MR) is 88.4 cm³/mol.